The van der Waals surface area contributed by atoms with Crippen molar-refractivity contribution in [3.8, 4) is 11.4 Å². The molecule has 3 N–H and O–H groups in total. The summed E-state index contributed by atoms with van der Waals surface area (Å²) in [5.41, 5.74) is 6.60. The fourth-order valence-electron chi connectivity index (χ4n) is 1.66. The van der Waals surface area contributed by atoms with Gasteiger partial charge in [0.05, 0.1) is 6.04 Å². The number of oxime groups is 1. The Morgan fingerprint density at radius 1 is 1.41 bits per heavy atom. The van der Waals surface area contributed by atoms with Crippen molar-refractivity contribution in [2.45, 2.75) is 13.0 Å². The van der Waals surface area contributed by atoms with Crippen LogP contribution in [0.25, 0.3) is 11.4 Å². The van der Waals surface area contributed by atoms with Gasteiger partial charge in [0, 0.05) is 18.0 Å². The Hall–Kier alpha value is -2.30. The summed E-state index contributed by atoms with van der Waals surface area (Å²) < 4.78 is 1.87. The average Bonchev–Trinajstić information content (AvgIpc) is 2.87. The summed E-state index contributed by atoms with van der Waals surface area (Å²) in [7, 11) is 0. The molecule has 0 radical (unpaired) electrons. The lowest BCUT2D eigenvalue weighted by Crippen LogP contribution is -2.24. The first kappa shape index (κ1) is 11.2. The Morgan fingerprint density at radius 2 is 2.12 bits per heavy atom. The van der Waals surface area contributed by atoms with E-state index >= 15 is 0 Å². The molecule has 0 fully saturated rings. The molecule has 0 aliphatic carbocycles. The molecular weight excluding hydrogens is 216 g/mol. The number of nitrogens with two attached hydrogens (primary N) is 1. The Kier molecular flexibility index (Phi) is 3.09. The summed E-state index contributed by atoms with van der Waals surface area (Å²) in [5.74, 6) is 0.949. The molecule has 0 saturated heterocycles. The van der Waals surface area contributed by atoms with Gasteiger partial charge in [0.1, 0.15) is 5.82 Å². The number of benzene rings is 1. The van der Waals surface area contributed by atoms with E-state index < -0.39 is 0 Å². The fourth-order valence-corrected chi connectivity index (χ4v) is 1.66. The van der Waals surface area contributed by atoms with Gasteiger partial charge in [0.15, 0.2) is 5.84 Å². The maximum absolute atomic E-state index is 8.69. The van der Waals surface area contributed by atoms with Crippen molar-refractivity contribution in [2.75, 3.05) is 0 Å². The van der Waals surface area contributed by atoms with Crippen LogP contribution in [0.15, 0.2) is 47.9 Å². The van der Waals surface area contributed by atoms with Crippen molar-refractivity contribution in [2.24, 2.45) is 10.9 Å². The molecule has 1 heterocycles. The zero-order chi connectivity index (χ0) is 12.3. The summed E-state index contributed by atoms with van der Waals surface area (Å²) in [6.45, 7) is 1.85. The summed E-state index contributed by atoms with van der Waals surface area (Å²) in [6.07, 6.45) is 3.51. The molecule has 88 valence electrons. The van der Waals surface area contributed by atoms with E-state index in [1.807, 2.05) is 48.0 Å². The van der Waals surface area contributed by atoms with Crippen LogP contribution in [0.1, 0.15) is 13.0 Å². The second-order valence-corrected chi connectivity index (χ2v) is 3.72. The van der Waals surface area contributed by atoms with Crippen molar-refractivity contribution in [3.63, 3.8) is 0 Å². The molecule has 2 rings (SSSR count). The van der Waals surface area contributed by atoms with Gasteiger partial charge in [-0.1, -0.05) is 35.5 Å². The van der Waals surface area contributed by atoms with E-state index in [0.717, 1.165) is 11.4 Å². The number of hydrogen-bond donors (Lipinski definition) is 2. The predicted octanol–water partition coefficient (Wildman–Crippen LogP) is 1.86. The number of aromatic nitrogens is 2. The van der Waals surface area contributed by atoms with E-state index in [-0.39, 0.29) is 11.9 Å². The van der Waals surface area contributed by atoms with Crippen LogP contribution in [0.2, 0.25) is 0 Å². The van der Waals surface area contributed by atoms with Gasteiger partial charge >= 0.3 is 0 Å². The predicted molar refractivity (Wildman–Crippen MR) is 65.8 cm³/mol. The standard InChI is InChI=1S/C12H14N4O/c1-9(11(13)15-17)16-8-7-14-12(16)10-5-3-2-4-6-10/h2-9,17H,1H3,(H2,13,15). The molecule has 0 spiro atoms. The van der Waals surface area contributed by atoms with Crippen LogP contribution in [0, 0.1) is 0 Å². The van der Waals surface area contributed by atoms with E-state index in [2.05, 4.69) is 10.1 Å². The van der Waals surface area contributed by atoms with Crippen molar-refractivity contribution in [1.29, 1.82) is 0 Å². The highest BCUT2D eigenvalue weighted by molar-refractivity contribution is 5.84. The SMILES string of the molecule is CC(C(N)=NO)n1ccnc1-c1ccccc1. The van der Waals surface area contributed by atoms with Crippen LogP contribution in [0.4, 0.5) is 0 Å². The van der Waals surface area contributed by atoms with Gasteiger partial charge in [-0.2, -0.15) is 0 Å². The highest BCUT2D eigenvalue weighted by atomic mass is 16.4. The maximum atomic E-state index is 8.69. The first-order valence-corrected chi connectivity index (χ1v) is 5.29. The molecule has 5 heteroatoms. The van der Waals surface area contributed by atoms with Gasteiger partial charge in [-0.3, -0.25) is 0 Å². The number of hydrogen-bond acceptors (Lipinski definition) is 3. The van der Waals surface area contributed by atoms with Gasteiger partial charge in [-0.25, -0.2) is 4.98 Å². The third-order valence-corrected chi connectivity index (χ3v) is 2.66. The minimum Gasteiger partial charge on any atom is -0.409 e. The lowest BCUT2D eigenvalue weighted by atomic mass is 10.2. The van der Waals surface area contributed by atoms with Crippen LogP contribution >= 0.6 is 0 Å². The molecule has 1 atom stereocenters. The van der Waals surface area contributed by atoms with Crippen molar-refractivity contribution >= 4 is 5.84 Å². The number of amidine groups is 1. The van der Waals surface area contributed by atoms with Gasteiger partial charge < -0.3 is 15.5 Å². The van der Waals surface area contributed by atoms with E-state index in [4.69, 9.17) is 10.9 Å². The molecule has 5 nitrogen and oxygen atoms in total. The molecule has 0 saturated carbocycles. The van der Waals surface area contributed by atoms with Crippen LogP contribution < -0.4 is 5.73 Å². The van der Waals surface area contributed by atoms with E-state index in [1.165, 1.54) is 0 Å². The first-order valence-electron chi connectivity index (χ1n) is 5.29. The molecule has 0 aliphatic heterocycles. The van der Waals surface area contributed by atoms with Crippen LogP contribution in [-0.4, -0.2) is 20.6 Å². The second-order valence-electron chi connectivity index (χ2n) is 3.72. The Bertz CT molecular complexity index is 518. The van der Waals surface area contributed by atoms with Crippen molar-refractivity contribution in [3.05, 3.63) is 42.7 Å². The molecule has 0 aliphatic rings. The van der Waals surface area contributed by atoms with Crippen molar-refractivity contribution in [1.82, 2.24) is 9.55 Å². The molecule has 2 aromatic rings. The minimum atomic E-state index is -0.238. The van der Waals surface area contributed by atoms with Gasteiger partial charge in [0.2, 0.25) is 0 Å². The first-order chi connectivity index (χ1) is 8.24. The highest BCUT2D eigenvalue weighted by Gasteiger charge is 2.14. The summed E-state index contributed by atoms with van der Waals surface area (Å²) in [4.78, 5) is 4.29. The topological polar surface area (TPSA) is 76.4 Å². The quantitative estimate of drug-likeness (QED) is 0.365. The molecule has 0 bridgehead atoms. The van der Waals surface area contributed by atoms with Crippen molar-refractivity contribution < 1.29 is 5.21 Å². The summed E-state index contributed by atoms with van der Waals surface area (Å²) in [6, 6.07) is 9.54. The smallest absolute Gasteiger partial charge is 0.162 e. The van der Waals surface area contributed by atoms with E-state index in [9.17, 15) is 0 Å². The fraction of sp³-hybridized carbons (Fsp3) is 0.167. The maximum Gasteiger partial charge on any atom is 0.162 e. The Morgan fingerprint density at radius 3 is 2.76 bits per heavy atom. The largest absolute Gasteiger partial charge is 0.409 e. The summed E-state index contributed by atoms with van der Waals surface area (Å²) in [5, 5.41) is 11.7. The molecular formula is C12H14N4O. The van der Waals surface area contributed by atoms with Crippen LogP contribution in [0.3, 0.4) is 0 Å². The molecule has 0 amide bonds. The monoisotopic (exact) mass is 230 g/mol. The number of imidazole rings is 1. The third-order valence-electron chi connectivity index (χ3n) is 2.66. The summed E-state index contributed by atoms with van der Waals surface area (Å²) >= 11 is 0. The zero-order valence-electron chi connectivity index (χ0n) is 9.49. The Labute approximate surface area is 99.2 Å². The zero-order valence-corrected chi connectivity index (χ0v) is 9.49. The van der Waals surface area contributed by atoms with Gasteiger partial charge in [-0.05, 0) is 6.92 Å². The number of rotatable bonds is 3. The second kappa shape index (κ2) is 4.69. The van der Waals surface area contributed by atoms with E-state index in [0.29, 0.717) is 0 Å². The Balaban J connectivity index is 2.42. The average molecular weight is 230 g/mol. The van der Waals surface area contributed by atoms with Crippen LogP contribution in [0.5, 0.6) is 0 Å². The third kappa shape index (κ3) is 2.13. The van der Waals surface area contributed by atoms with Crippen LogP contribution in [-0.2, 0) is 0 Å². The lowest BCUT2D eigenvalue weighted by Gasteiger charge is -2.14. The highest BCUT2D eigenvalue weighted by Crippen LogP contribution is 2.20. The van der Waals surface area contributed by atoms with Gasteiger partial charge in [-0.15, -0.1) is 0 Å². The normalized spacial score (nSPS) is 13.6. The van der Waals surface area contributed by atoms with E-state index in [1.54, 1.807) is 6.20 Å². The molecule has 1 aromatic heterocycles. The number of nitrogens with zero attached hydrogens (tertiary/aromatic N) is 3. The minimum absolute atomic E-state index is 0.153. The van der Waals surface area contributed by atoms with Gasteiger partial charge in [0.25, 0.3) is 0 Å². The molecule has 1 unspecified atom stereocenters. The molecule has 17 heavy (non-hydrogen) atoms. The molecule has 1 aromatic carbocycles. The lowest BCUT2D eigenvalue weighted by molar-refractivity contribution is 0.314.